The number of benzene rings is 1. The highest BCUT2D eigenvalue weighted by atomic mass is 16.6. The highest BCUT2D eigenvalue weighted by Crippen LogP contribution is 2.42. The zero-order valence-electron chi connectivity index (χ0n) is 19.3. The van der Waals surface area contributed by atoms with Crippen molar-refractivity contribution in [3.63, 3.8) is 0 Å². The number of pyridine rings is 1. The van der Waals surface area contributed by atoms with Crippen molar-refractivity contribution in [3.8, 4) is 17.0 Å². The number of hydrogen-bond donors (Lipinski definition) is 0. The molecule has 2 aliphatic heterocycles. The van der Waals surface area contributed by atoms with Crippen LogP contribution in [0.1, 0.15) is 56.7 Å². The summed E-state index contributed by atoms with van der Waals surface area (Å²) in [5.41, 5.74) is 5.73. The highest BCUT2D eigenvalue weighted by Gasteiger charge is 2.33. The minimum Gasteiger partial charge on any atom is -0.490 e. The minimum absolute atomic E-state index is 0.0119. The van der Waals surface area contributed by atoms with Gasteiger partial charge in [0.05, 0.1) is 25.5 Å². The molecule has 0 amide bonds. The van der Waals surface area contributed by atoms with Gasteiger partial charge in [0.25, 0.3) is 5.56 Å². The van der Waals surface area contributed by atoms with Crippen LogP contribution >= 0.6 is 0 Å². The molecule has 31 heavy (non-hydrogen) atoms. The molecule has 1 aromatic heterocycles. The van der Waals surface area contributed by atoms with Crippen molar-refractivity contribution in [2.24, 2.45) is 0 Å². The number of ether oxygens (including phenoxy) is 3. The Hall–Kier alpha value is -2.11. The molecule has 4 rings (SSSR count). The Kier molecular flexibility index (Phi) is 6.54. The van der Waals surface area contributed by atoms with E-state index in [0.717, 1.165) is 23.2 Å². The molecular weight excluding hydrogens is 390 g/mol. The maximum atomic E-state index is 13.1. The summed E-state index contributed by atoms with van der Waals surface area (Å²) in [4.78, 5) is 13.1. The maximum Gasteiger partial charge on any atom is 0.254 e. The van der Waals surface area contributed by atoms with Gasteiger partial charge in [-0.25, -0.2) is 0 Å². The maximum absolute atomic E-state index is 13.1. The second kappa shape index (κ2) is 9.17. The van der Waals surface area contributed by atoms with Crippen molar-refractivity contribution in [3.05, 3.63) is 51.3 Å². The first-order valence-electron chi connectivity index (χ1n) is 11.6. The number of nitrogens with zero attached hydrogens (tertiary/aromatic N) is 1. The molecule has 0 spiro atoms. The second-order valence-corrected chi connectivity index (χ2v) is 9.51. The third kappa shape index (κ3) is 4.58. The van der Waals surface area contributed by atoms with Gasteiger partial charge in [-0.15, -0.1) is 0 Å². The predicted molar refractivity (Wildman–Crippen MR) is 123 cm³/mol. The van der Waals surface area contributed by atoms with E-state index in [0.29, 0.717) is 38.7 Å². The fraction of sp³-hybridized carbons (Fsp3) is 0.577. The first kappa shape index (κ1) is 22.1. The molecule has 2 aliphatic rings. The van der Waals surface area contributed by atoms with Crippen LogP contribution in [-0.4, -0.2) is 37.1 Å². The van der Waals surface area contributed by atoms with Crippen LogP contribution in [0.25, 0.3) is 11.3 Å². The molecule has 1 aromatic carbocycles. The Morgan fingerprint density at radius 1 is 1.19 bits per heavy atom. The number of fused-ring (bicyclic) bond motifs is 3. The van der Waals surface area contributed by atoms with E-state index in [9.17, 15) is 4.79 Å². The van der Waals surface area contributed by atoms with Crippen LogP contribution in [0, 0.1) is 6.92 Å². The Bertz CT molecular complexity index is 986. The Morgan fingerprint density at radius 2 is 2.03 bits per heavy atom. The van der Waals surface area contributed by atoms with E-state index in [1.54, 1.807) is 6.07 Å². The van der Waals surface area contributed by atoms with E-state index in [1.807, 2.05) is 4.57 Å². The van der Waals surface area contributed by atoms with Gasteiger partial charge in [-0.3, -0.25) is 4.79 Å². The lowest BCUT2D eigenvalue weighted by molar-refractivity contribution is -0.101. The molecule has 3 heterocycles. The van der Waals surface area contributed by atoms with Crippen molar-refractivity contribution in [2.45, 2.75) is 71.4 Å². The van der Waals surface area contributed by atoms with E-state index >= 15 is 0 Å². The zero-order chi connectivity index (χ0) is 22.0. The number of unbranched alkanes of at least 4 members (excludes halogenated alkanes) is 2. The molecule has 5 heteroatoms. The second-order valence-electron chi connectivity index (χ2n) is 9.51. The molecule has 5 nitrogen and oxygen atoms in total. The summed E-state index contributed by atoms with van der Waals surface area (Å²) in [6.45, 7) is 11.6. The minimum atomic E-state index is -0.102. The van der Waals surface area contributed by atoms with E-state index in [1.165, 1.54) is 30.4 Å². The van der Waals surface area contributed by atoms with Gasteiger partial charge in [0.15, 0.2) is 0 Å². The molecule has 0 aliphatic carbocycles. The molecule has 0 saturated carbocycles. The van der Waals surface area contributed by atoms with Crippen LogP contribution in [0.5, 0.6) is 5.75 Å². The van der Waals surface area contributed by atoms with Crippen molar-refractivity contribution in [1.82, 2.24) is 4.57 Å². The van der Waals surface area contributed by atoms with E-state index in [-0.39, 0.29) is 17.1 Å². The van der Waals surface area contributed by atoms with Crippen molar-refractivity contribution in [2.75, 3.05) is 26.4 Å². The normalized spacial score (nSPS) is 19.5. The van der Waals surface area contributed by atoms with Gasteiger partial charge in [0, 0.05) is 29.2 Å². The summed E-state index contributed by atoms with van der Waals surface area (Å²) in [5.74, 6) is 0.642. The van der Waals surface area contributed by atoms with Crippen LogP contribution in [0.15, 0.2) is 29.1 Å². The number of hydrogen-bond acceptors (Lipinski definition) is 4. The van der Waals surface area contributed by atoms with E-state index in [2.05, 4.69) is 45.9 Å². The third-order valence-corrected chi connectivity index (χ3v) is 6.52. The summed E-state index contributed by atoms with van der Waals surface area (Å²) < 4.78 is 19.1. The SMILES string of the molecule is CCCCCc1ccc2c(c1)C(C)(C)Cn1c-2c(C)c(OCC2COCCO2)cc1=O. The third-order valence-electron chi connectivity index (χ3n) is 6.52. The molecule has 1 unspecified atom stereocenters. The summed E-state index contributed by atoms with van der Waals surface area (Å²) in [6, 6.07) is 8.42. The lowest BCUT2D eigenvalue weighted by Crippen LogP contribution is -2.37. The predicted octanol–water partition coefficient (Wildman–Crippen LogP) is 4.64. The summed E-state index contributed by atoms with van der Waals surface area (Å²) in [6.07, 6.45) is 4.72. The molecular formula is C26H35NO4. The zero-order valence-corrected chi connectivity index (χ0v) is 19.3. The van der Waals surface area contributed by atoms with E-state index < -0.39 is 0 Å². The fourth-order valence-corrected chi connectivity index (χ4v) is 4.77. The molecule has 1 atom stereocenters. The molecule has 1 saturated heterocycles. The molecule has 1 fully saturated rings. The van der Waals surface area contributed by atoms with Gasteiger partial charge in [0.2, 0.25) is 0 Å². The molecule has 2 aromatic rings. The van der Waals surface area contributed by atoms with Crippen LogP contribution in [0.3, 0.4) is 0 Å². The lowest BCUT2D eigenvalue weighted by atomic mass is 9.76. The molecule has 168 valence electrons. The van der Waals surface area contributed by atoms with Gasteiger partial charge in [0.1, 0.15) is 18.5 Å². The average molecular weight is 426 g/mol. The Morgan fingerprint density at radius 3 is 2.77 bits per heavy atom. The largest absolute Gasteiger partial charge is 0.490 e. The quantitative estimate of drug-likeness (QED) is 0.607. The van der Waals surface area contributed by atoms with Crippen molar-refractivity contribution >= 4 is 0 Å². The van der Waals surface area contributed by atoms with Crippen LogP contribution in [0.4, 0.5) is 0 Å². The monoisotopic (exact) mass is 425 g/mol. The average Bonchev–Trinajstić information content (AvgIpc) is 2.76. The van der Waals surface area contributed by atoms with Gasteiger partial charge in [-0.05, 0) is 30.9 Å². The van der Waals surface area contributed by atoms with Crippen molar-refractivity contribution < 1.29 is 14.2 Å². The standard InChI is InChI=1S/C26H35NO4/c1-5-6-7-8-19-9-10-21-22(13-19)26(3,4)17-27-24(28)14-23(18(2)25(21)27)31-16-20-15-29-11-12-30-20/h9-10,13-14,20H,5-8,11-12,15-17H2,1-4H3. The Labute approximate surface area is 185 Å². The molecule has 0 bridgehead atoms. The van der Waals surface area contributed by atoms with Gasteiger partial charge in [-0.1, -0.05) is 51.8 Å². The smallest absolute Gasteiger partial charge is 0.254 e. The fourth-order valence-electron chi connectivity index (χ4n) is 4.77. The number of rotatable bonds is 7. The van der Waals surface area contributed by atoms with Crippen LogP contribution < -0.4 is 10.3 Å². The first-order valence-corrected chi connectivity index (χ1v) is 11.6. The number of aromatic nitrogens is 1. The van der Waals surface area contributed by atoms with Gasteiger partial charge in [-0.2, -0.15) is 0 Å². The van der Waals surface area contributed by atoms with Gasteiger partial charge >= 0.3 is 0 Å². The first-order chi connectivity index (χ1) is 14.9. The van der Waals surface area contributed by atoms with Crippen LogP contribution in [-0.2, 0) is 27.9 Å². The molecule has 0 radical (unpaired) electrons. The van der Waals surface area contributed by atoms with Crippen LogP contribution in [0.2, 0.25) is 0 Å². The van der Waals surface area contributed by atoms with Crippen molar-refractivity contribution in [1.29, 1.82) is 0 Å². The summed E-state index contributed by atoms with van der Waals surface area (Å²) in [5, 5.41) is 0. The summed E-state index contributed by atoms with van der Waals surface area (Å²) >= 11 is 0. The highest BCUT2D eigenvalue weighted by molar-refractivity contribution is 5.73. The van der Waals surface area contributed by atoms with Gasteiger partial charge < -0.3 is 18.8 Å². The number of aryl methyl sites for hydroxylation is 1. The topological polar surface area (TPSA) is 49.7 Å². The molecule has 0 N–H and O–H groups in total. The lowest BCUT2D eigenvalue weighted by Gasteiger charge is -2.36. The van der Waals surface area contributed by atoms with E-state index in [4.69, 9.17) is 14.2 Å². The summed E-state index contributed by atoms with van der Waals surface area (Å²) in [7, 11) is 0. The Balaban J connectivity index is 1.68.